The zero-order valence-corrected chi connectivity index (χ0v) is 34.4. The van der Waals surface area contributed by atoms with Gasteiger partial charge in [-0.1, -0.05) is 170 Å². The SMILES string of the molecule is C1=CCC(n2c3ccccc3c3cc(-c4ccc(-n5c6ccccc6c6c(C7=CCC(C8NC(c9ccccc9)=CC(c9ccccc9)N8)C=C7)cccc65)cc4)ccc32)C=C1. The second-order valence-corrected chi connectivity index (χ2v) is 16.9. The molecule has 0 bridgehead atoms. The van der Waals surface area contributed by atoms with Gasteiger partial charge < -0.3 is 14.5 Å². The van der Waals surface area contributed by atoms with Crippen LogP contribution < -0.4 is 10.6 Å². The average Bonchev–Trinajstić information content (AvgIpc) is 3.87. The first-order valence-corrected chi connectivity index (χ1v) is 22.0. The Kier molecular flexibility index (Phi) is 8.97. The van der Waals surface area contributed by atoms with Crippen LogP contribution in [-0.2, 0) is 0 Å². The number of allylic oxidation sites excluding steroid dienone is 7. The average molecular weight is 799 g/mol. The van der Waals surface area contributed by atoms with Gasteiger partial charge in [0.25, 0.3) is 0 Å². The molecule has 0 saturated carbocycles. The Labute approximate surface area is 362 Å². The quantitative estimate of drug-likeness (QED) is 0.168. The Morgan fingerprint density at radius 2 is 1.26 bits per heavy atom. The molecule has 4 heteroatoms. The van der Waals surface area contributed by atoms with Gasteiger partial charge in [-0.05, 0) is 94.8 Å². The van der Waals surface area contributed by atoms with Crippen molar-refractivity contribution in [3.05, 3.63) is 235 Å². The van der Waals surface area contributed by atoms with Crippen molar-refractivity contribution < 1.29 is 0 Å². The number of nitrogens with one attached hydrogen (secondary N) is 2. The number of hydrogen-bond acceptors (Lipinski definition) is 2. The monoisotopic (exact) mass is 798 g/mol. The molecule has 0 amide bonds. The predicted octanol–water partition coefficient (Wildman–Crippen LogP) is 13.9. The maximum atomic E-state index is 3.93. The number of fused-ring (bicyclic) bond motifs is 6. The van der Waals surface area contributed by atoms with Crippen LogP contribution in [0.15, 0.2) is 218 Å². The summed E-state index contributed by atoms with van der Waals surface area (Å²) in [4.78, 5) is 0. The van der Waals surface area contributed by atoms with Gasteiger partial charge in [0.1, 0.15) is 0 Å². The standard InChI is InChI=1S/C58H46N4/c1-4-15-41(16-5-1)51-38-52(42-17-6-2-7-18-42)60-58(59-51)43-29-27-40(28-30-43)47-23-14-26-56-57(47)49-22-11-13-25-54(49)62(56)46-34-31-39(32-35-46)44-33-36-55-50(37-44)48-21-10-12-24-53(48)61(55)45-19-8-3-9-20-45/h1-19,21-29,31-38,43,45,51,58-60H,20,30H2. The summed E-state index contributed by atoms with van der Waals surface area (Å²) in [7, 11) is 0. The molecule has 298 valence electrons. The summed E-state index contributed by atoms with van der Waals surface area (Å²) in [5.74, 6) is 0.280. The van der Waals surface area contributed by atoms with E-state index in [9.17, 15) is 0 Å². The fourth-order valence-electron chi connectivity index (χ4n) is 10.3. The van der Waals surface area contributed by atoms with Gasteiger partial charge in [-0.25, -0.2) is 0 Å². The molecule has 1 aliphatic heterocycles. The number of rotatable bonds is 7. The van der Waals surface area contributed by atoms with E-state index in [4.69, 9.17) is 0 Å². The van der Waals surface area contributed by atoms with Crippen LogP contribution in [0.2, 0.25) is 0 Å². The van der Waals surface area contributed by atoms with Crippen molar-refractivity contribution in [3.63, 3.8) is 0 Å². The van der Waals surface area contributed by atoms with E-state index in [1.54, 1.807) is 0 Å². The summed E-state index contributed by atoms with van der Waals surface area (Å²) >= 11 is 0. The first kappa shape index (κ1) is 36.5. The summed E-state index contributed by atoms with van der Waals surface area (Å²) in [6.07, 6.45) is 20.5. The molecule has 3 aliphatic rings. The summed E-state index contributed by atoms with van der Waals surface area (Å²) in [6, 6.07) is 62.6. The van der Waals surface area contributed by atoms with Gasteiger partial charge in [0.05, 0.1) is 29.3 Å². The third kappa shape index (κ3) is 6.26. The molecule has 12 rings (SSSR count). The highest BCUT2D eigenvalue weighted by molar-refractivity contribution is 6.14. The van der Waals surface area contributed by atoms with Gasteiger partial charge in [0, 0.05) is 49.9 Å². The van der Waals surface area contributed by atoms with E-state index < -0.39 is 0 Å². The molecule has 4 atom stereocenters. The Balaban J connectivity index is 0.861. The number of hydrogen-bond donors (Lipinski definition) is 2. The van der Waals surface area contributed by atoms with Crippen LogP contribution in [0.5, 0.6) is 0 Å². The molecule has 7 aromatic carbocycles. The molecule has 62 heavy (non-hydrogen) atoms. The van der Waals surface area contributed by atoms with E-state index in [-0.39, 0.29) is 18.1 Å². The van der Waals surface area contributed by atoms with Crippen molar-refractivity contribution in [2.45, 2.75) is 31.1 Å². The third-order valence-electron chi connectivity index (χ3n) is 13.3. The number of benzene rings is 7. The van der Waals surface area contributed by atoms with Crippen molar-refractivity contribution in [3.8, 4) is 16.8 Å². The van der Waals surface area contributed by atoms with Gasteiger partial charge in [0.15, 0.2) is 0 Å². The smallest absolute Gasteiger partial charge is 0.0842 e. The fraction of sp³-hybridized carbons (Fsp3) is 0.103. The lowest BCUT2D eigenvalue weighted by Gasteiger charge is -2.37. The molecule has 2 aromatic heterocycles. The highest BCUT2D eigenvalue weighted by atomic mass is 15.2. The van der Waals surface area contributed by atoms with Crippen LogP contribution in [0.25, 0.3) is 71.7 Å². The van der Waals surface area contributed by atoms with E-state index in [0.717, 1.165) is 18.5 Å². The second-order valence-electron chi connectivity index (χ2n) is 16.9. The summed E-state index contributed by atoms with van der Waals surface area (Å²) in [5, 5.41) is 13.0. The minimum atomic E-state index is 0.0779. The lowest BCUT2D eigenvalue weighted by atomic mass is 9.88. The first-order chi connectivity index (χ1) is 30.7. The van der Waals surface area contributed by atoms with Gasteiger partial charge in [0.2, 0.25) is 0 Å². The third-order valence-corrected chi connectivity index (χ3v) is 13.3. The van der Waals surface area contributed by atoms with Crippen LogP contribution in [-0.4, -0.2) is 15.3 Å². The maximum Gasteiger partial charge on any atom is 0.0842 e. The largest absolute Gasteiger partial charge is 0.369 e. The van der Waals surface area contributed by atoms with Crippen LogP contribution in [0.1, 0.15) is 41.6 Å². The Morgan fingerprint density at radius 3 is 2.05 bits per heavy atom. The van der Waals surface area contributed by atoms with Crippen LogP contribution in [0, 0.1) is 5.92 Å². The first-order valence-electron chi connectivity index (χ1n) is 22.0. The maximum absolute atomic E-state index is 3.93. The molecule has 0 spiro atoms. The molecule has 4 nitrogen and oxygen atoms in total. The molecular weight excluding hydrogens is 753 g/mol. The van der Waals surface area contributed by atoms with E-state index in [1.165, 1.54) is 82.7 Å². The van der Waals surface area contributed by atoms with Crippen molar-refractivity contribution in [1.82, 2.24) is 19.8 Å². The lowest BCUT2D eigenvalue weighted by molar-refractivity contribution is 0.347. The van der Waals surface area contributed by atoms with Crippen molar-refractivity contribution in [2.75, 3.05) is 0 Å². The Morgan fingerprint density at radius 1 is 0.532 bits per heavy atom. The van der Waals surface area contributed by atoms with E-state index in [1.807, 2.05) is 0 Å². The van der Waals surface area contributed by atoms with Gasteiger partial charge in [-0.2, -0.15) is 0 Å². The number of para-hydroxylation sites is 2. The van der Waals surface area contributed by atoms with Crippen LogP contribution in [0.4, 0.5) is 0 Å². The fourth-order valence-corrected chi connectivity index (χ4v) is 10.3. The normalized spacial score (nSPS) is 19.9. The minimum absolute atomic E-state index is 0.0779. The van der Waals surface area contributed by atoms with E-state index >= 15 is 0 Å². The van der Waals surface area contributed by atoms with Gasteiger partial charge >= 0.3 is 0 Å². The second kappa shape index (κ2) is 15.3. The van der Waals surface area contributed by atoms with Crippen molar-refractivity contribution in [1.29, 1.82) is 0 Å². The molecule has 2 N–H and O–H groups in total. The summed E-state index contributed by atoms with van der Waals surface area (Å²) < 4.78 is 4.95. The number of nitrogens with zero attached hydrogens (tertiary/aromatic N) is 2. The molecule has 0 radical (unpaired) electrons. The molecule has 4 unspecified atom stereocenters. The van der Waals surface area contributed by atoms with Gasteiger partial charge in [-0.3, -0.25) is 5.32 Å². The lowest BCUT2D eigenvalue weighted by Crippen LogP contribution is -2.50. The summed E-state index contributed by atoms with van der Waals surface area (Å²) in [5.41, 5.74) is 14.8. The van der Waals surface area contributed by atoms with Crippen LogP contribution in [0.3, 0.4) is 0 Å². The van der Waals surface area contributed by atoms with Gasteiger partial charge in [-0.15, -0.1) is 0 Å². The number of aromatic nitrogens is 2. The molecule has 2 aliphatic carbocycles. The van der Waals surface area contributed by atoms with Crippen molar-refractivity contribution in [2.24, 2.45) is 5.92 Å². The van der Waals surface area contributed by atoms with E-state index in [0.29, 0.717) is 6.04 Å². The molecular formula is C58H46N4. The molecule has 9 aromatic rings. The van der Waals surface area contributed by atoms with Crippen LogP contribution >= 0.6 is 0 Å². The highest BCUT2D eigenvalue weighted by Gasteiger charge is 2.29. The Bertz CT molecular complexity index is 3300. The molecule has 3 heterocycles. The zero-order chi connectivity index (χ0) is 41.0. The minimum Gasteiger partial charge on any atom is -0.369 e. The highest BCUT2D eigenvalue weighted by Crippen LogP contribution is 2.41. The topological polar surface area (TPSA) is 33.9 Å². The van der Waals surface area contributed by atoms with E-state index in [2.05, 4.69) is 238 Å². The Hall–Kier alpha value is -7.40. The predicted molar refractivity (Wildman–Crippen MR) is 260 cm³/mol. The molecule has 0 saturated heterocycles. The van der Waals surface area contributed by atoms with Crippen molar-refractivity contribution >= 4 is 54.9 Å². The summed E-state index contributed by atoms with van der Waals surface area (Å²) in [6.45, 7) is 0. The zero-order valence-electron chi connectivity index (χ0n) is 34.4. The molecule has 0 fully saturated rings.